The quantitative estimate of drug-likeness (QED) is 0.428. The zero-order chi connectivity index (χ0) is 19.2. The number of aromatic nitrogens is 3. The molecule has 0 atom stereocenters. The maximum Gasteiger partial charge on any atom is 0.434 e. The van der Waals surface area contributed by atoms with Gasteiger partial charge in [-0.1, -0.05) is 11.6 Å². The molecular weight excluding hydrogens is 379 g/mol. The Hall–Kier alpha value is -2.55. The van der Waals surface area contributed by atoms with Gasteiger partial charge in [-0.2, -0.15) is 18.3 Å². The summed E-state index contributed by atoms with van der Waals surface area (Å²) in [5.41, 5.74) is -1.81. The predicted molar refractivity (Wildman–Crippen MR) is 87.8 cm³/mol. The first-order valence-corrected chi connectivity index (χ1v) is 7.53. The van der Waals surface area contributed by atoms with Gasteiger partial charge in [0.05, 0.1) is 16.6 Å². The van der Waals surface area contributed by atoms with Crippen molar-refractivity contribution in [2.24, 2.45) is 4.99 Å². The fourth-order valence-corrected chi connectivity index (χ4v) is 2.83. The summed E-state index contributed by atoms with van der Waals surface area (Å²) in [4.78, 5) is 6.72. The zero-order valence-corrected chi connectivity index (χ0v) is 13.9. The fraction of sp³-hybridized carbons (Fsp3) is 0.188. The van der Waals surface area contributed by atoms with Gasteiger partial charge >= 0.3 is 6.18 Å². The van der Waals surface area contributed by atoms with Crippen molar-refractivity contribution in [1.82, 2.24) is 14.8 Å². The molecule has 0 aliphatic carbocycles. The van der Waals surface area contributed by atoms with E-state index in [1.165, 1.54) is 12.1 Å². The van der Waals surface area contributed by atoms with Crippen LogP contribution in [0.2, 0.25) is 5.02 Å². The standard InChI is InChI=1S/C16H10ClF5N4/c1-7-5-8(17)3-4-11(7)26-15(23-2)12-9(25-26)6-10(14(18)19)24-13(12)16(20,21)22/h3-6,14H,2H2,1H3. The summed E-state index contributed by atoms with van der Waals surface area (Å²) in [7, 11) is 0. The molecule has 0 aliphatic heterocycles. The monoisotopic (exact) mass is 388 g/mol. The summed E-state index contributed by atoms with van der Waals surface area (Å²) in [6.45, 7) is 4.96. The lowest BCUT2D eigenvalue weighted by atomic mass is 10.2. The number of nitrogens with zero attached hydrogens (tertiary/aromatic N) is 4. The third-order valence-electron chi connectivity index (χ3n) is 3.68. The van der Waals surface area contributed by atoms with E-state index in [2.05, 4.69) is 21.8 Å². The molecule has 0 bridgehead atoms. The molecule has 26 heavy (non-hydrogen) atoms. The third-order valence-corrected chi connectivity index (χ3v) is 3.91. The lowest BCUT2D eigenvalue weighted by Gasteiger charge is -2.10. The van der Waals surface area contributed by atoms with E-state index in [1.807, 2.05) is 0 Å². The number of halogens is 6. The van der Waals surface area contributed by atoms with Gasteiger partial charge in [0.25, 0.3) is 6.43 Å². The normalized spacial score (nSPS) is 12.2. The van der Waals surface area contributed by atoms with Gasteiger partial charge in [-0.3, -0.25) is 0 Å². The Morgan fingerprint density at radius 1 is 1.23 bits per heavy atom. The van der Waals surface area contributed by atoms with E-state index in [-0.39, 0.29) is 11.3 Å². The highest BCUT2D eigenvalue weighted by Gasteiger charge is 2.38. The van der Waals surface area contributed by atoms with Crippen molar-refractivity contribution in [3.8, 4) is 5.69 Å². The van der Waals surface area contributed by atoms with Crippen molar-refractivity contribution in [3.63, 3.8) is 0 Å². The smallest absolute Gasteiger partial charge is 0.244 e. The molecule has 0 aliphatic rings. The van der Waals surface area contributed by atoms with Gasteiger partial charge in [-0.05, 0) is 43.5 Å². The maximum atomic E-state index is 13.4. The number of aliphatic imine (C=N–C) groups is 1. The lowest BCUT2D eigenvalue weighted by molar-refractivity contribution is -0.140. The van der Waals surface area contributed by atoms with E-state index in [0.717, 1.165) is 10.7 Å². The number of pyridine rings is 1. The van der Waals surface area contributed by atoms with Gasteiger partial charge in [-0.25, -0.2) is 23.4 Å². The molecule has 0 unspecified atom stereocenters. The fourth-order valence-electron chi connectivity index (χ4n) is 2.60. The van der Waals surface area contributed by atoms with E-state index in [1.54, 1.807) is 13.0 Å². The summed E-state index contributed by atoms with van der Waals surface area (Å²) in [6, 6.07) is 5.46. The van der Waals surface area contributed by atoms with Crippen LogP contribution in [0.4, 0.5) is 27.8 Å². The van der Waals surface area contributed by atoms with Crippen LogP contribution in [0.3, 0.4) is 0 Å². The molecule has 0 saturated carbocycles. The number of benzene rings is 1. The molecule has 0 radical (unpaired) electrons. The average Bonchev–Trinajstić information content (AvgIpc) is 2.90. The Morgan fingerprint density at radius 3 is 2.46 bits per heavy atom. The van der Waals surface area contributed by atoms with Gasteiger partial charge in [0.1, 0.15) is 5.69 Å². The Kier molecular flexibility index (Phi) is 4.43. The molecule has 10 heteroatoms. The predicted octanol–water partition coefficient (Wildman–Crippen LogP) is 5.67. The second-order valence-electron chi connectivity index (χ2n) is 5.41. The Labute approximate surface area is 148 Å². The molecule has 0 fully saturated rings. The first-order valence-electron chi connectivity index (χ1n) is 7.15. The first-order chi connectivity index (χ1) is 12.1. The van der Waals surface area contributed by atoms with Crippen molar-refractivity contribution in [1.29, 1.82) is 0 Å². The van der Waals surface area contributed by atoms with Crippen molar-refractivity contribution >= 4 is 35.0 Å². The third kappa shape index (κ3) is 3.03. The molecule has 0 N–H and O–H groups in total. The number of fused-ring (bicyclic) bond motifs is 1. The van der Waals surface area contributed by atoms with Crippen LogP contribution in [0.25, 0.3) is 16.6 Å². The van der Waals surface area contributed by atoms with Gasteiger partial charge in [0.2, 0.25) is 0 Å². The van der Waals surface area contributed by atoms with Crippen LogP contribution in [0.15, 0.2) is 29.3 Å². The maximum absolute atomic E-state index is 13.4. The van der Waals surface area contributed by atoms with E-state index in [0.29, 0.717) is 16.3 Å². The highest BCUT2D eigenvalue weighted by molar-refractivity contribution is 6.30. The summed E-state index contributed by atoms with van der Waals surface area (Å²) < 4.78 is 67.2. The number of rotatable bonds is 3. The minimum atomic E-state index is -4.97. The minimum absolute atomic E-state index is 0.244. The second kappa shape index (κ2) is 6.31. The van der Waals surface area contributed by atoms with Crippen LogP contribution in [0.5, 0.6) is 0 Å². The number of hydrogen-bond acceptors (Lipinski definition) is 3. The van der Waals surface area contributed by atoms with Crippen LogP contribution in [-0.4, -0.2) is 21.5 Å². The van der Waals surface area contributed by atoms with E-state index in [9.17, 15) is 22.0 Å². The van der Waals surface area contributed by atoms with Crippen LogP contribution >= 0.6 is 11.6 Å². The summed E-state index contributed by atoms with van der Waals surface area (Å²) in [6.07, 6.45) is -8.14. The molecule has 3 rings (SSSR count). The molecule has 136 valence electrons. The van der Waals surface area contributed by atoms with Crippen LogP contribution in [-0.2, 0) is 6.18 Å². The molecule has 1 aromatic carbocycles. The van der Waals surface area contributed by atoms with Gasteiger partial charge in [-0.15, -0.1) is 0 Å². The molecule has 2 heterocycles. The van der Waals surface area contributed by atoms with Crippen molar-refractivity contribution in [2.75, 3.05) is 0 Å². The molecule has 0 amide bonds. The molecule has 0 saturated heterocycles. The average molecular weight is 389 g/mol. The lowest BCUT2D eigenvalue weighted by Crippen LogP contribution is -2.10. The summed E-state index contributed by atoms with van der Waals surface area (Å²) in [5.74, 6) is -0.244. The second-order valence-corrected chi connectivity index (χ2v) is 5.85. The van der Waals surface area contributed by atoms with Gasteiger partial charge < -0.3 is 0 Å². The summed E-state index contributed by atoms with van der Waals surface area (Å²) in [5, 5.41) is 3.96. The number of aryl methyl sites for hydroxylation is 1. The first kappa shape index (κ1) is 18.2. The Morgan fingerprint density at radius 2 is 1.92 bits per heavy atom. The largest absolute Gasteiger partial charge is 0.434 e. The van der Waals surface area contributed by atoms with E-state index < -0.39 is 29.4 Å². The van der Waals surface area contributed by atoms with Crippen LogP contribution in [0, 0.1) is 6.92 Å². The molecule has 4 nitrogen and oxygen atoms in total. The molecule has 0 spiro atoms. The van der Waals surface area contributed by atoms with Crippen LogP contribution in [0.1, 0.15) is 23.4 Å². The van der Waals surface area contributed by atoms with Crippen LogP contribution < -0.4 is 0 Å². The van der Waals surface area contributed by atoms with Gasteiger partial charge in [0.15, 0.2) is 11.5 Å². The van der Waals surface area contributed by atoms with E-state index >= 15 is 0 Å². The highest BCUT2D eigenvalue weighted by Crippen LogP contribution is 2.40. The molecule has 3 aromatic rings. The van der Waals surface area contributed by atoms with Crippen molar-refractivity contribution in [2.45, 2.75) is 19.5 Å². The zero-order valence-electron chi connectivity index (χ0n) is 13.2. The summed E-state index contributed by atoms with van der Waals surface area (Å²) >= 11 is 5.89. The number of hydrogen-bond donors (Lipinski definition) is 0. The van der Waals surface area contributed by atoms with E-state index in [4.69, 9.17) is 11.6 Å². The topological polar surface area (TPSA) is 43.1 Å². The van der Waals surface area contributed by atoms with Crippen molar-refractivity contribution in [3.05, 3.63) is 46.2 Å². The molecule has 2 aromatic heterocycles. The Balaban J connectivity index is 2.42. The highest BCUT2D eigenvalue weighted by atomic mass is 35.5. The Bertz CT molecular complexity index is 1010. The SMILES string of the molecule is C=Nc1c2c(C(F)(F)F)nc(C(F)F)cc2nn1-c1ccc(Cl)cc1C. The molecular formula is C16H10ClF5N4. The van der Waals surface area contributed by atoms with Crippen molar-refractivity contribution < 1.29 is 22.0 Å². The van der Waals surface area contributed by atoms with Gasteiger partial charge in [0, 0.05) is 5.02 Å². The number of alkyl halides is 5. The minimum Gasteiger partial charge on any atom is -0.244 e.